The maximum atomic E-state index is 14.1. The minimum absolute atomic E-state index is 0.208. The minimum Gasteiger partial charge on any atom is -0.463 e. The van der Waals surface area contributed by atoms with Crippen LogP contribution < -0.4 is 10.6 Å². The van der Waals surface area contributed by atoms with E-state index in [1.807, 2.05) is 6.92 Å². The lowest BCUT2D eigenvalue weighted by Crippen LogP contribution is -2.46. The summed E-state index contributed by atoms with van der Waals surface area (Å²) in [6.07, 6.45) is 1.25. The molecule has 0 unspecified atom stereocenters. The zero-order valence-electron chi connectivity index (χ0n) is 12.6. The molecule has 1 aromatic rings. The standard InChI is InChI=1S/C16H19FN2O3/c1-3-7-12-13(15(20)22-4-2)14(19-16(21)18-12)10-8-5-6-9-11(10)17/h5-6,8-9,14H,3-4,7H2,1-2H3,(H2,18,19,21)/t14-/m1/s1. The third-order valence-electron chi connectivity index (χ3n) is 3.37. The van der Waals surface area contributed by atoms with Crippen LogP contribution >= 0.6 is 0 Å². The van der Waals surface area contributed by atoms with Gasteiger partial charge in [-0.05, 0) is 19.4 Å². The third-order valence-corrected chi connectivity index (χ3v) is 3.37. The second-order valence-electron chi connectivity index (χ2n) is 4.92. The number of ether oxygens (including phenoxy) is 1. The normalized spacial score (nSPS) is 17.8. The Balaban J connectivity index is 2.52. The van der Waals surface area contributed by atoms with Gasteiger partial charge in [0.15, 0.2) is 0 Å². The van der Waals surface area contributed by atoms with Crippen LogP contribution in [0.1, 0.15) is 38.3 Å². The Morgan fingerprint density at radius 1 is 1.32 bits per heavy atom. The highest BCUT2D eigenvalue weighted by Gasteiger charge is 2.34. The van der Waals surface area contributed by atoms with E-state index in [4.69, 9.17) is 4.74 Å². The lowest BCUT2D eigenvalue weighted by Gasteiger charge is -2.29. The van der Waals surface area contributed by atoms with Gasteiger partial charge in [0.25, 0.3) is 0 Å². The SMILES string of the molecule is CCCC1=C(C(=O)OCC)[C@@H](c2ccccc2F)NC(=O)N1. The van der Waals surface area contributed by atoms with Crippen molar-refractivity contribution in [3.05, 3.63) is 46.9 Å². The zero-order valence-corrected chi connectivity index (χ0v) is 12.6. The number of benzene rings is 1. The van der Waals surface area contributed by atoms with E-state index < -0.39 is 23.9 Å². The number of esters is 1. The molecule has 1 aliphatic heterocycles. The first-order valence-electron chi connectivity index (χ1n) is 7.30. The highest BCUT2D eigenvalue weighted by atomic mass is 19.1. The summed E-state index contributed by atoms with van der Waals surface area (Å²) in [4.78, 5) is 24.1. The molecule has 118 valence electrons. The molecule has 1 heterocycles. The molecule has 0 saturated carbocycles. The number of halogens is 1. The summed E-state index contributed by atoms with van der Waals surface area (Å²) in [7, 11) is 0. The summed E-state index contributed by atoms with van der Waals surface area (Å²) < 4.78 is 19.2. The monoisotopic (exact) mass is 306 g/mol. The lowest BCUT2D eigenvalue weighted by molar-refractivity contribution is -0.139. The lowest BCUT2D eigenvalue weighted by atomic mass is 9.93. The van der Waals surface area contributed by atoms with Gasteiger partial charge in [0.1, 0.15) is 5.82 Å². The number of hydrogen-bond donors (Lipinski definition) is 2. The maximum Gasteiger partial charge on any atom is 0.338 e. The Morgan fingerprint density at radius 2 is 2.05 bits per heavy atom. The van der Waals surface area contributed by atoms with Crippen molar-refractivity contribution in [2.45, 2.75) is 32.7 Å². The van der Waals surface area contributed by atoms with E-state index in [-0.39, 0.29) is 17.7 Å². The molecule has 0 saturated heterocycles. The maximum absolute atomic E-state index is 14.1. The average Bonchev–Trinajstić information content (AvgIpc) is 2.47. The van der Waals surface area contributed by atoms with Crippen molar-refractivity contribution in [1.29, 1.82) is 0 Å². The van der Waals surface area contributed by atoms with Crippen molar-refractivity contribution in [3.8, 4) is 0 Å². The van der Waals surface area contributed by atoms with Crippen molar-refractivity contribution < 1.29 is 18.7 Å². The van der Waals surface area contributed by atoms with Crippen molar-refractivity contribution in [3.63, 3.8) is 0 Å². The number of carbonyl (C=O) groups is 2. The number of hydrogen-bond acceptors (Lipinski definition) is 3. The molecule has 0 fully saturated rings. The molecule has 0 aliphatic carbocycles. The van der Waals surface area contributed by atoms with Crippen molar-refractivity contribution >= 4 is 12.0 Å². The van der Waals surface area contributed by atoms with Gasteiger partial charge < -0.3 is 15.4 Å². The predicted molar refractivity (Wildman–Crippen MR) is 79.4 cm³/mol. The van der Waals surface area contributed by atoms with E-state index in [0.717, 1.165) is 6.42 Å². The second kappa shape index (κ2) is 7.06. The van der Waals surface area contributed by atoms with E-state index in [9.17, 15) is 14.0 Å². The van der Waals surface area contributed by atoms with Gasteiger partial charge in [-0.15, -0.1) is 0 Å². The number of allylic oxidation sites excluding steroid dienone is 1. The summed E-state index contributed by atoms with van der Waals surface area (Å²) in [5.41, 5.74) is 0.986. The van der Waals surface area contributed by atoms with Crippen LogP contribution in [-0.4, -0.2) is 18.6 Å². The minimum atomic E-state index is -0.851. The Kier molecular flexibility index (Phi) is 5.14. The molecule has 2 N–H and O–H groups in total. The molecule has 22 heavy (non-hydrogen) atoms. The Bertz CT molecular complexity index is 613. The fourth-order valence-electron chi connectivity index (χ4n) is 2.46. The van der Waals surface area contributed by atoms with Gasteiger partial charge >= 0.3 is 12.0 Å². The fraction of sp³-hybridized carbons (Fsp3) is 0.375. The summed E-state index contributed by atoms with van der Waals surface area (Å²) in [5, 5.41) is 5.23. The van der Waals surface area contributed by atoms with Crippen LogP contribution in [-0.2, 0) is 9.53 Å². The molecule has 0 aromatic heterocycles. The van der Waals surface area contributed by atoms with E-state index in [0.29, 0.717) is 12.1 Å². The van der Waals surface area contributed by atoms with Gasteiger partial charge in [-0.2, -0.15) is 0 Å². The van der Waals surface area contributed by atoms with Crippen molar-refractivity contribution in [2.24, 2.45) is 0 Å². The first kappa shape index (κ1) is 16.0. The van der Waals surface area contributed by atoms with E-state index in [1.165, 1.54) is 6.07 Å². The average molecular weight is 306 g/mol. The summed E-state index contributed by atoms with van der Waals surface area (Å²) in [6, 6.07) is 4.76. The first-order valence-corrected chi connectivity index (χ1v) is 7.30. The number of amides is 2. The number of urea groups is 1. The first-order chi connectivity index (χ1) is 10.6. The molecule has 0 spiro atoms. The Morgan fingerprint density at radius 3 is 2.68 bits per heavy atom. The van der Waals surface area contributed by atoms with Gasteiger partial charge in [-0.3, -0.25) is 0 Å². The summed E-state index contributed by atoms with van der Waals surface area (Å²) in [6.45, 7) is 3.84. The molecule has 1 aliphatic rings. The highest BCUT2D eigenvalue weighted by molar-refractivity contribution is 5.95. The van der Waals surface area contributed by atoms with Crippen LogP contribution in [0.2, 0.25) is 0 Å². The molecule has 1 aromatic carbocycles. The van der Waals surface area contributed by atoms with Gasteiger partial charge in [-0.25, -0.2) is 14.0 Å². The van der Waals surface area contributed by atoms with Crippen molar-refractivity contribution in [1.82, 2.24) is 10.6 Å². The van der Waals surface area contributed by atoms with E-state index in [2.05, 4.69) is 10.6 Å². The van der Waals surface area contributed by atoms with Crippen LogP contribution in [0.4, 0.5) is 9.18 Å². The second-order valence-corrected chi connectivity index (χ2v) is 4.92. The molecule has 2 amide bonds. The van der Waals surface area contributed by atoms with Crippen molar-refractivity contribution in [2.75, 3.05) is 6.61 Å². The van der Waals surface area contributed by atoms with Crippen LogP contribution in [0.25, 0.3) is 0 Å². The molecule has 0 radical (unpaired) electrons. The number of carbonyl (C=O) groups excluding carboxylic acids is 2. The van der Waals surface area contributed by atoms with Gasteiger partial charge in [-0.1, -0.05) is 31.5 Å². The predicted octanol–water partition coefficient (Wildman–Crippen LogP) is 2.80. The number of rotatable bonds is 5. The van der Waals surface area contributed by atoms with E-state index >= 15 is 0 Å². The Hall–Kier alpha value is -2.37. The topological polar surface area (TPSA) is 67.4 Å². The molecular formula is C16H19FN2O3. The van der Waals surface area contributed by atoms with Crippen LogP contribution in [0.5, 0.6) is 0 Å². The third kappa shape index (κ3) is 3.27. The molecule has 5 nitrogen and oxygen atoms in total. The fourth-order valence-corrected chi connectivity index (χ4v) is 2.46. The Labute approximate surface area is 128 Å². The largest absolute Gasteiger partial charge is 0.463 e. The summed E-state index contributed by atoms with van der Waals surface area (Å²) >= 11 is 0. The van der Waals surface area contributed by atoms with Gasteiger partial charge in [0.05, 0.1) is 18.2 Å². The van der Waals surface area contributed by atoms with Crippen LogP contribution in [0.3, 0.4) is 0 Å². The summed E-state index contributed by atoms with van der Waals surface area (Å²) in [5.74, 6) is -1.03. The van der Waals surface area contributed by atoms with Gasteiger partial charge in [0.2, 0.25) is 0 Å². The van der Waals surface area contributed by atoms with Crippen LogP contribution in [0, 0.1) is 5.82 Å². The molecule has 0 bridgehead atoms. The number of nitrogens with one attached hydrogen (secondary N) is 2. The molecule has 6 heteroatoms. The zero-order chi connectivity index (χ0) is 16.1. The molecular weight excluding hydrogens is 287 g/mol. The van der Waals surface area contributed by atoms with E-state index in [1.54, 1.807) is 25.1 Å². The van der Waals surface area contributed by atoms with Gasteiger partial charge in [0, 0.05) is 11.3 Å². The quantitative estimate of drug-likeness (QED) is 0.822. The smallest absolute Gasteiger partial charge is 0.338 e. The highest BCUT2D eigenvalue weighted by Crippen LogP contribution is 2.30. The molecule has 1 atom stereocenters. The van der Waals surface area contributed by atoms with Crippen LogP contribution in [0.15, 0.2) is 35.5 Å². The molecule has 2 rings (SSSR count).